The van der Waals surface area contributed by atoms with Gasteiger partial charge in [-0.1, -0.05) is 17.9 Å². The first-order valence-electron chi connectivity index (χ1n) is 4.88. The summed E-state index contributed by atoms with van der Waals surface area (Å²) in [5, 5.41) is 14.1. The van der Waals surface area contributed by atoms with E-state index in [-0.39, 0.29) is 0 Å². The molecule has 0 aliphatic heterocycles. The Balaban J connectivity index is 2.27. The topological polar surface area (TPSA) is 33.1 Å². The normalized spacial score (nSPS) is 13.6. The van der Waals surface area contributed by atoms with Gasteiger partial charge in [0.2, 0.25) is 0 Å². The lowest BCUT2D eigenvalue weighted by Gasteiger charge is -2.14. The van der Waals surface area contributed by atoms with Gasteiger partial charge in [0.25, 0.3) is 0 Å². The van der Waals surface area contributed by atoms with Gasteiger partial charge < -0.3 is 5.11 Å². The third kappa shape index (κ3) is 2.48. The van der Waals surface area contributed by atoms with Crippen molar-refractivity contribution in [2.75, 3.05) is 0 Å². The van der Waals surface area contributed by atoms with Gasteiger partial charge in [-0.15, -0.1) is 0 Å². The SMILES string of the molecule is CC(O)(C#Cc1ccsc1)c1ccccn1. The molecule has 3 heteroatoms. The molecule has 0 spiro atoms. The monoisotopic (exact) mass is 229 g/mol. The van der Waals surface area contributed by atoms with Crippen LogP contribution in [0.2, 0.25) is 0 Å². The van der Waals surface area contributed by atoms with Crippen LogP contribution in [0, 0.1) is 11.8 Å². The van der Waals surface area contributed by atoms with E-state index in [4.69, 9.17) is 0 Å². The molecule has 1 atom stereocenters. The van der Waals surface area contributed by atoms with E-state index >= 15 is 0 Å². The summed E-state index contributed by atoms with van der Waals surface area (Å²) in [6, 6.07) is 7.34. The molecule has 16 heavy (non-hydrogen) atoms. The second-order valence-electron chi connectivity index (χ2n) is 3.55. The van der Waals surface area contributed by atoms with E-state index < -0.39 is 5.60 Å². The van der Waals surface area contributed by atoms with Crippen molar-refractivity contribution in [3.8, 4) is 11.8 Å². The van der Waals surface area contributed by atoms with Crippen molar-refractivity contribution < 1.29 is 5.11 Å². The van der Waals surface area contributed by atoms with Gasteiger partial charge in [-0.2, -0.15) is 11.3 Å². The van der Waals surface area contributed by atoms with E-state index in [0.29, 0.717) is 5.69 Å². The second kappa shape index (κ2) is 4.48. The molecule has 1 unspecified atom stereocenters. The molecule has 0 aromatic carbocycles. The maximum absolute atomic E-state index is 10.2. The minimum Gasteiger partial charge on any atom is -0.372 e. The molecule has 2 rings (SSSR count). The number of rotatable bonds is 1. The molecule has 0 bridgehead atoms. The molecule has 0 fully saturated rings. The van der Waals surface area contributed by atoms with Crippen molar-refractivity contribution in [3.05, 3.63) is 52.5 Å². The number of hydrogen-bond acceptors (Lipinski definition) is 3. The minimum absolute atomic E-state index is 0.567. The summed E-state index contributed by atoms with van der Waals surface area (Å²) in [6.45, 7) is 1.65. The second-order valence-corrected chi connectivity index (χ2v) is 4.33. The fraction of sp³-hybridized carbons (Fsp3) is 0.154. The van der Waals surface area contributed by atoms with Crippen LogP contribution in [0.25, 0.3) is 0 Å². The highest BCUT2D eigenvalue weighted by atomic mass is 32.1. The van der Waals surface area contributed by atoms with Crippen LogP contribution in [-0.2, 0) is 5.60 Å². The van der Waals surface area contributed by atoms with E-state index in [2.05, 4.69) is 16.8 Å². The van der Waals surface area contributed by atoms with E-state index in [1.807, 2.05) is 29.0 Å². The Bertz CT molecular complexity index is 506. The molecule has 0 aliphatic carbocycles. The Morgan fingerprint density at radius 1 is 1.38 bits per heavy atom. The average molecular weight is 229 g/mol. The van der Waals surface area contributed by atoms with Gasteiger partial charge in [0, 0.05) is 17.1 Å². The molecular weight excluding hydrogens is 218 g/mol. The van der Waals surface area contributed by atoms with Crippen LogP contribution < -0.4 is 0 Å². The van der Waals surface area contributed by atoms with Gasteiger partial charge in [0.1, 0.15) is 0 Å². The third-order valence-corrected chi connectivity index (χ3v) is 2.82. The van der Waals surface area contributed by atoms with Gasteiger partial charge in [-0.05, 0) is 30.5 Å². The average Bonchev–Trinajstić information content (AvgIpc) is 2.81. The molecule has 0 saturated carbocycles. The van der Waals surface area contributed by atoms with Crippen LogP contribution >= 0.6 is 11.3 Å². The summed E-state index contributed by atoms with van der Waals surface area (Å²) in [6.07, 6.45) is 1.65. The molecule has 2 aromatic heterocycles. The Morgan fingerprint density at radius 2 is 2.25 bits per heavy atom. The van der Waals surface area contributed by atoms with Crippen LogP contribution in [-0.4, -0.2) is 10.1 Å². The lowest BCUT2D eigenvalue weighted by atomic mass is 10.0. The van der Waals surface area contributed by atoms with E-state index in [1.165, 1.54) is 0 Å². The molecule has 80 valence electrons. The summed E-state index contributed by atoms with van der Waals surface area (Å²) in [7, 11) is 0. The zero-order valence-electron chi connectivity index (χ0n) is 8.84. The number of hydrogen-bond donors (Lipinski definition) is 1. The van der Waals surface area contributed by atoms with Crippen LogP contribution in [0.3, 0.4) is 0 Å². The molecule has 0 aliphatic rings. The van der Waals surface area contributed by atoms with Gasteiger partial charge >= 0.3 is 0 Å². The maximum atomic E-state index is 10.2. The summed E-state index contributed by atoms with van der Waals surface area (Å²) in [4.78, 5) is 4.10. The summed E-state index contributed by atoms with van der Waals surface area (Å²) >= 11 is 1.59. The zero-order chi connectivity index (χ0) is 11.4. The molecule has 0 radical (unpaired) electrons. The number of thiophene rings is 1. The van der Waals surface area contributed by atoms with Gasteiger partial charge in [0.15, 0.2) is 5.60 Å². The molecule has 2 heterocycles. The van der Waals surface area contributed by atoms with Crippen LogP contribution in [0.4, 0.5) is 0 Å². The van der Waals surface area contributed by atoms with Crippen molar-refractivity contribution in [2.24, 2.45) is 0 Å². The Hall–Kier alpha value is -1.63. The highest BCUT2D eigenvalue weighted by Crippen LogP contribution is 2.16. The Labute approximate surface area is 98.6 Å². The molecular formula is C13H11NOS. The predicted octanol–water partition coefficient (Wildman–Crippen LogP) is 2.40. The maximum Gasteiger partial charge on any atom is 0.165 e. The standard InChI is InChI=1S/C13H11NOS/c1-13(15,12-4-2-3-8-14-12)7-5-11-6-9-16-10-11/h2-4,6,8-10,15H,1H3. The fourth-order valence-electron chi connectivity index (χ4n) is 1.24. The highest BCUT2D eigenvalue weighted by Gasteiger charge is 2.20. The Kier molecular flexibility index (Phi) is 3.04. The first-order chi connectivity index (χ1) is 7.68. The number of pyridine rings is 1. The highest BCUT2D eigenvalue weighted by molar-refractivity contribution is 7.08. The van der Waals surface area contributed by atoms with Crippen molar-refractivity contribution in [3.63, 3.8) is 0 Å². The van der Waals surface area contributed by atoms with Crippen LogP contribution in [0.5, 0.6) is 0 Å². The number of aromatic nitrogens is 1. The molecule has 2 aromatic rings. The largest absolute Gasteiger partial charge is 0.372 e. The van der Waals surface area contributed by atoms with Crippen LogP contribution in [0.15, 0.2) is 41.2 Å². The minimum atomic E-state index is -1.21. The molecule has 0 saturated heterocycles. The lowest BCUT2D eigenvalue weighted by Crippen LogP contribution is -2.19. The van der Waals surface area contributed by atoms with Crippen molar-refractivity contribution in [1.82, 2.24) is 4.98 Å². The smallest absolute Gasteiger partial charge is 0.165 e. The summed E-state index contributed by atoms with van der Waals surface area (Å²) < 4.78 is 0. The predicted molar refractivity (Wildman–Crippen MR) is 65.0 cm³/mol. The van der Waals surface area contributed by atoms with Gasteiger partial charge in [-0.3, -0.25) is 4.98 Å². The third-order valence-electron chi connectivity index (χ3n) is 2.14. The van der Waals surface area contributed by atoms with Crippen molar-refractivity contribution in [2.45, 2.75) is 12.5 Å². The fourth-order valence-corrected chi connectivity index (χ4v) is 1.83. The Morgan fingerprint density at radius 3 is 2.88 bits per heavy atom. The van der Waals surface area contributed by atoms with Gasteiger partial charge in [0.05, 0.1) is 5.69 Å². The van der Waals surface area contributed by atoms with E-state index in [0.717, 1.165) is 5.56 Å². The summed E-state index contributed by atoms with van der Waals surface area (Å²) in [5.74, 6) is 5.76. The van der Waals surface area contributed by atoms with E-state index in [9.17, 15) is 5.11 Å². The molecule has 0 amide bonds. The van der Waals surface area contributed by atoms with E-state index in [1.54, 1.807) is 30.5 Å². The van der Waals surface area contributed by atoms with Gasteiger partial charge in [-0.25, -0.2) is 0 Å². The van der Waals surface area contributed by atoms with Crippen molar-refractivity contribution >= 4 is 11.3 Å². The lowest BCUT2D eigenvalue weighted by molar-refractivity contribution is 0.117. The molecule has 2 nitrogen and oxygen atoms in total. The first kappa shape index (κ1) is 10.9. The van der Waals surface area contributed by atoms with Crippen molar-refractivity contribution in [1.29, 1.82) is 0 Å². The first-order valence-corrected chi connectivity index (χ1v) is 5.82. The quantitative estimate of drug-likeness (QED) is 0.762. The zero-order valence-corrected chi connectivity index (χ0v) is 9.66. The summed E-state index contributed by atoms with van der Waals surface area (Å²) in [5.41, 5.74) is 0.280. The molecule has 1 N–H and O–H groups in total. The number of nitrogens with zero attached hydrogens (tertiary/aromatic N) is 1. The number of aliphatic hydroxyl groups is 1. The van der Waals surface area contributed by atoms with Crippen LogP contribution in [0.1, 0.15) is 18.2 Å².